The maximum absolute atomic E-state index is 13.3. The molecule has 5 rings (SSSR count). The molecule has 2 aromatic heterocycles. The molecule has 0 aliphatic heterocycles. The average molecular weight is 467 g/mol. The molecule has 1 atom stereocenters. The minimum Gasteiger partial charge on any atom is -0.489 e. The number of benzene rings is 3. The first-order valence-electron chi connectivity index (χ1n) is 11.5. The molecule has 0 bridgehead atoms. The lowest BCUT2D eigenvalue weighted by Gasteiger charge is -2.17. The Hall–Kier alpha value is -4.39. The summed E-state index contributed by atoms with van der Waals surface area (Å²) < 4.78 is 11.1. The Morgan fingerprint density at radius 2 is 1.83 bits per heavy atom. The molecule has 2 N–H and O–H groups in total. The number of para-hydroxylation sites is 2. The van der Waals surface area contributed by atoms with Crippen LogP contribution >= 0.6 is 0 Å². The van der Waals surface area contributed by atoms with Crippen molar-refractivity contribution >= 4 is 16.9 Å². The van der Waals surface area contributed by atoms with Gasteiger partial charge in [0.05, 0.1) is 28.3 Å². The molecule has 1 amide bonds. The number of rotatable bonds is 8. The van der Waals surface area contributed by atoms with Crippen LogP contribution in [0, 0.1) is 13.8 Å². The zero-order valence-corrected chi connectivity index (χ0v) is 19.6. The summed E-state index contributed by atoms with van der Waals surface area (Å²) in [5.41, 5.74) is 5.12. The molecule has 176 valence electrons. The van der Waals surface area contributed by atoms with Crippen molar-refractivity contribution in [2.75, 3.05) is 0 Å². The Balaban J connectivity index is 1.36. The first-order valence-corrected chi connectivity index (χ1v) is 11.5. The van der Waals surface area contributed by atoms with E-state index in [2.05, 4.69) is 15.5 Å². The van der Waals surface area contributed by atoms with Gasteiger partial charge in [-0.15, -0.1) is 0 Å². The molecule has 0 radical (unpaired) electrons. The normalized spacial score (nSPS) is 11.9. The zero-order valence-electron chi connectivity index (χ0n) is 19.6. The number of nitrogens with zero attached hydrogens (tertiary/aromatic N) is 2. The van der Waals surface area contributed by atoms with Crippen LogP contribution in [0.3, 0.4) is 0 Å². The fraction of sp³-hybridized carbons (Fsp3) is 0.179. The Morgan fingerprint density at radius 3 is 2.60 bits per heavy atom. The van der Waals surface area contributed by atoms with E-state index in [0.717, 1.165) is 33.6 Å². The zero-order chi connectivity index (χ0) is 24.2. The SMILES string of the molecule is Cc1noc(C)c1COc1cccc(C(=O)NC(Cc2ccccc2)c2nc3ccccc3[nH]2)c1. The molecule has 1 unspecified atom stereocenters. The fourth-order valence-electron chi connectivity index (χ4n) is 4.04. The minimum atomic E-state index is -0.329. The van der Waals surface area contributed by atoms with Crippen molar-refractivity contribution in [3.05, 3.63) is 113 Å². The van der Waals surface area contributed by atoms with Gasteiger partial charge in [-0.05, 0) is 56.2 Å². The standard InChI is InChI=1S/C28H26N4O3/c1-18-23(19(2)35-32-18)17-34-22-12-8-11-21(16-22)28(33)31-26(15-20-9-4-3-5-10-20)27-29-24-13-6-7-14-25(24)30-27/h3-14,16,26H,15,17H2,1-2H3,(H,29,30)(H,31,33). The van der Waals surface area contributed by atoms with Crippen LogP contribution in [0.5, 0.6) is 5.75 Å². The molecule has 7 heteroatoms. The number of aromatic nitrogens is 3. The lowest BCUT2D eigenvalue weighted by molar-refractivity contribution is 0.0934. The number of nitrogens with one attached hydrogen (secondary N) is 2. The van der Waals surface area contributed by atoms with Crippen LogP contribution in [0.15, 0.2) is 83.4 Å². The molecular formula is C28H26N4O3. The number of carbonyl (C=O) groups excluding carboxylic acids is 1. The minimum absolute atomic E-state index is 0.200. The second-order valence-corrected chi connectivity index (χ2v) is 8.47. The van der Waals surface area contributed by atoms with Gasteiger partial charge in [0.1, 0.15) is 23.9 Å². The van der Waals surface area contributed by atoms with Gasteiger partial charge in [-0.2, -0.15) is 0 Å². The van der Waals surface area contributed by atoms with Crippen LogP contribution in [0.4, 0.5) is 0 Å². The van der Waals surface area contributed by atoms with Gasteiger partial charge in [0.25, 0.3) is 5.91 Å². The average Bonchev–Trinajstić information content (AvgIpc) is 3.46. The highest BCUT2D eigenvalue weighted by molar-refractivity contribution is 5.94. The fourth-order valence-corrected chi connectivity index (χ4v) is 4.04. The molecule has 7 nitrogen and oxygen atoms in total. The van der Waals surface area contributed by atoms with E-state index in [0.29, 0.717) is 30.2 Å². The van der Waals surface area contributed by atoms with Crippen molar-refractivity contribution in [3.63, 3.8) is 0 Å². The van der Waals surface area contributed by atoms with Gasteiger partial charge in [-0.25, -0.2) is 4.98 Å². The quantitative estimate of drug-likeness (QED) is 0.317. The number of fused-ring (bicyclic) bond motifs is 1. The number of carbonyl (C=O) groups is 1. The summed E-state index contributed by atoms with van der Waals surface area (Å²) in [6.45, 7) is 4.05. The van der Waals surface area contributed by atoms with Crippen LogP contribution < -0.4 is 10.1 Å². The molecule has 0 aliphatic carbocycles. The maximum Gasteiger partial charge on any atom is 0.252 e. The highest BCUT2D eigenvalue weighted by Crippen LogP contribution is 2.22. The monoisotopic (exact) mass is 466 g/mol. The Kier molecular flexibility index (Phi) is 6.30. The highest BCUT2D eigenvalue weighted by Gasteiger charge is 2.20. The molecule has 3 aromatic carbocycles. The summed E-state index contributed by atoms with van der Waals surface area (Å²) in [4.78, 5) is 21.4. The molecule has 0 spiro atoms. The third-order valence-electron chi connectivity index (χ3n) is 5.99. The number of imidazole rings is 1. The van der Waals surface area contributed by atoms with Crippen LogP contribution in [0.25, 0.3) is 11.0 Å². The Morgan fingerprint density at radius 1 is 1.03 bits per heavy atom. The third-order valence-corrected chi connectivity index (χ3v) is 5.99. The van der Waals surface area contributed by atoms with Gasteiger partial charge in [0, 0.05) is 5.56 Å². The van der Waals surface area contributed by atoms with Crippen molar-refractivity contribution in [2.24, 2.45) is 0 Å². The lowest BCUT2D eigenvalue weighted by Crippen LogP contribution is -2.30. The smallest absolute Gasteiger partial charge is 0.252 e. The summed E-state index contributed by atoms with van der Waals surface area (Å²) in [5, 5.41) is 7.12. The van der Waals surface area contributed by atoms with Crippen molar-refractivity contribution < 1.29 is 14.1 Å². The second kappa shape index (κ2) is 9.85. The topological polar surface area (TPSA) is 93.0 Å². The molecule has 5 aromatic rings. The van der Waals surface area contributed by atoms with Crippen molar-refractivity contribution in [3.8, 4) is 5.75 Å². The second-order valence-electron chi connectivity index (χ2n) is 8.47. The van der Waals surface area contributed by atoms with E-state index in [9.17, 15) is 4.79 Å². The van der Waals surface area contributed by atoms with Gasteiger partial charge < -0.3 is 19.6 Å². The van der Waals surface area contributed by atoms with Gasteiger partial charge in [-0.3, -0.25) is 4.79 Å². The van der Waals surface area contributed by atoms with E-state index in [1.807, 2.05) is 80.6 Å². The highest BCUT2D eigenvalue weighted by atomic mass is 16.5. The Bertz CT molecular complexity index is 1400. The summed E-state index contributed by atoms with van der Waals surface area (Å²) in [7, 11) is 0. The van der Waals surface area contributed by atoms with Crippen molar-refractivity contribution in [1.29, 1.82) is 0 Å². The van der Waals surface area contributed by atoms with E-state index in [4.69, 9.17) is 14.2 Å². The number of aromatic amines is 1. The van der Waals surface area contributed by atoms with Crippen LogP contribution in [-0.2, 0) is 13.0 Å². The molecule has 0 fully saturated rings. The molecule has 2 heterocycles. The largest absolute Gasteiger partial charge is 0.489 e. The first-order chi connectivity index (χ1) is 17.1. The predicted molar refractivity (Wildman–Crippen MR) is 133 cm³/mol. The van der Waals surface area contributed by atoms with Crippen LogP contribution in [0.2, 0.25) is 0 Å². The molecular weight excluding hydrogens is 440 g/mol. The number of H-pyrrole nitrogens is 1. The van der Waals surface area contributed by atoms with E-state index >= 15 is 0 Å². The van der Waals surface area contributed by atoms with Crippen molar-refractivity contribution in [2.45, 2.75) is 32.9 Å². The van der Waals surface area contributed by atoms with Gasteiger partial charge in [0.2, 0.25) is 0 Å². The maximum atomic E-state index is 13.3. The van der Waals surface area contributed by atoms with Crippen LogP contribution in [-0.4, -0.2) is 21.0 Å². The summed E-state index contributed by atoms with van der Waals surface area (Å²) >= 11 is 0. The summed E-state index contributed by atoms with van der Waals surface area (Å²) in [6, 6.07) is 24.7. The number of hydrogen-bond donors (Lipinski definition) is 2. The number of ether oxygens (including phenoxy) is 1. The van der Waals surface area contributed by atoms with Crippen molar-refractivity contribution in [1.82, 2.24) is 20.4 Å². The first kappa shape index (κ1) is 22.4. The Labute approximate surface area is 203 Å². The molecule has 0 aliphatic rings. The van der Waals surface area contributed by atoms with Gasteiger partial charge >= 0.3 is 0 Å². The molecule has 0 saturated carbocycles. The van der Waals surface area contributed by atoms with E-state index < -0.39 is 0 Å². The lowest BCUT2D eigenvalue weighted by atomic mass is 10.0. The van der Waals surface area contributed by atoms with E-state index in [1.54, 1.807) is 12.1 Å². The van der Waals surface area contributed by atoms with Gasteiger partial charge in [0.15, 0.2) is 0 Å². The third kappa shape index (κ3) is 5.09. The van der Waals surface area contributed by atoms with Crippen LogP contribution in [0.1, 0.15) is 44.8 Å². The van der Waals surface area contributed by atoms with E-state index in [-0.39, 0.29) is 11.9 Å². The number of hydrogen-bond acceptors (Lipinski definition) is 5. The number of aryl methyl sites for hydroxylation is 2. The summed E-state index contributed by atoms with van der Waals surface area (Å²) in [5.74, 6) is 1.84. The number of amides is 1. The van der Waals surface area contributed by atoms with E-state index in [1.165, 1.54) is 0 Å². The predicted octanol–water partition coefficient (Wildman–Crippen LogP) is 5.46. The summed E-state index contributed by atoms with van der Waals surface area (Å²) in [6.07, 6.45) is 0.606. The molecule has 35 heavy (non-hydrogen) atoms. The molecule has 0 saturated heterocycles. The van der Waals surface area contributed by atoms with Gasteiger partial charge in [-0.1, -0.05) is 53.7 Å².